The molecule has 0 aromatic heterocycles. The molecule has 4 fully saturated rings. The highest BCUT2D eigenvalue weighted by Gasteiger charge is 2.64. The summed E-state index contributed by atoms with van der Waals surface area (Å²) >= 11 is 0. The summed E-state index contributed by atoms with van der Waals surface area (Å²) in [5.74, 6) is 3.14. The van der Waals surface area contributed by atoms with E-state index in [4.69, 9.17) is 9.47 Å². The lowest BCUT2D eigenvalue weighted by Crippen LogP contribution is -2.59. The zero-order chi connectivity index (χ0) is 11.1. The molecule has 0 spiro atoms. The second-order valence-electron chi connectivity index (χ2n) is 6.92. The van der Waals surface area contributed by atoms with E-state index in [0.29, 0.717) is 12.5 Å². The molecular weight excluding hydrogens is 202 g/mol. The van der Waals surface area contributed by atoms with Crippen molar-refractivity contribution < 1.29 is 9.47 Å². The Morgan fingerprint density at radius 3 is 1.81 bits per heavy atom. The maximum atomic E-state index is 6.07. The maximum absolute atomic E-state index is 6.07. The van der Waals surface area contributed by atoms with Crippen LogP contribution in [0.15, 0.2) is 0 Å². The first-order chi connectivity index (χ1) is 7.57. The normalized spacial score (nSPS) is 54.9. The molecule has 0 aromatic carbocycles. The van der Waals surface area contributed by atoms with Crippen molar-refractivity contribution in [3.63, 3.8) is 0 Å². The number of nitrogens with zero attached hydrogens (tertiary/aromatic N) is 1. The average Bonchev–Trinajstić information content (AvgIpc) is 2.80. The van der Waals surface area contributed by atoms with E-state index in [1.165, 1.54) is 6.42 Å². The highest BCUT2D eigenvalue weighted by Crippen LogP contribution is 2.59. The van der Waals surface area contributed by atoms with Gasteiger partial charge in [-0.25, -0.2) is 4.90 Å². The van der Waals surface area contributed by atoms with Crippen molar-refractivity contribution in [1.29, 1.82) is 0 Å². The molecule has 16 heavy (non-hydrogen) atoms. The Hall–Kier alpha value is -0.120. The molecule has 0 aromatic rings. The van der Waals surface area contributed by atoms with Crippen molar-refractivity contribution in [2.24, 2.45) is 23.7 Å². The summed E-state index contributed by atoms with van der Waals surface area (Å²) in [7, 11) is 0. The molecule has 3 saturated heterocycles. The molecule has 4 aliphatic rings. The molecule has 0 unspecified atom stereocenters. The van der Waals surface area contributed by atoms with Crippen LogP contribution < -0.4 is 0 Å². The summed E-state index contributed by atoms with van der Waals surface area (Å²) in [6.45, 7) is 8.79. The van der Waals surface area contributed by atoms with Gasteiger partial charge in [0.1, 0.15) is 12.5 Å². The summed E-state index contributed by atoms with van der Waals surface area (Å²) in [4.78, 5) is 2.51. The van der Waals surface area contributed by atoms with Gasteiger partial charge in [-0.15, -0.1) is 0 Å². The van der Waals surface area contributed by atoms with Gasteiger partial charge >= 0.3 is 0 Å². The fraction of sp³-hybridized carbons (Fsp3) is 1.00. The maximum Gasteiger partial charge on any atom is 0.116 e. The van der Waals surface area contributed by atoms with Gasteiger partial charge in [-0.05, 0) is 39.0 Å². The van der Waals surface area contributed by atoms with Crippen LogP contribution in [0.4, 0.5) is 0 Å². The lowest BCUT2D eigenvalue weighted by Gasteiger charge is -2.49. The van der Waals surface area contributed by atoms with E-state index < -0.39 is 0 Å². The number of likely N-dealkylation sites (tertiary alicyclic amines) is 1. The second-order valence-corrected chi connectivity index (χ2v) is 6.92. The highest BCUT2D eigenvalue weighted by molar-refractivity contribution is 5.09. The molecule has 0 amide bonds. The van der Waals surface area contributed by atoms with Crippen molar-refractivity contribution in [1.82, 2.24) is 4.90 Å². The van der Waals surface area contributed by atoms with Crippen LogP contribution in [0.5, 0.6) is 0 Å². The van der Waals surface area contributed by atoms with Crippen molar-refractivity contribution in [2.45, 2.75) is 45.2 Å². The summed E-state index contributed by atoms with van der Waals surface area (Å²) in [5.41, 5.74) is 0.153. The van der Waals surface area contributed by atoms with E-state index in [2.05, 4.69) is 25.7 Å². The van der Waals surface area contributed by atoms with Crippen LogP contribution in [0.25, 0.3) is 0 Å². The molecule has 90 valence electrons. The Morgan fingerprint density at radius 1 is 0.875 bits per heavy atom. The molecule has 3 heterocycles. The van der Waals surface area contributed by atoms with E-state index in [1.807, 2.05) is 0 Å². The Labute approximate surface area is 97.1 Å². The third kappa shape index (κ3) is 1.00. The molecule has 1 saturated carbocycles. The van der Waals surface area contributed by atoms with Crippen molar-refractivity contribution in [2.75, 3.05) is 13.2 Å². The topological polar surface area (TPSA) is 21.7 Å². The van der Waals surface area contributed by atoms with Crippen molar-refractivity contribution >= 4 is 0 Å². The number of piperidine rings is 1. The fourth-order valence-corrected chi connectivity index (χ4v) is 4.60. The molecule has 3 aliphatic heterocycles. The largest absolute Gasteiger partial charge is 0.362 e. The standard InChI is InChI=1S/C13H21NO2/c1-13(2,3)14-11-7-4-8-10(6-16-12(8)14)9(7)5-15-11/h7-12H,4-6H2,1-3H3/t7-,8+,9-,10+,11+,12-. The Balaban J connectivity index is 1.79. The molecule has 0 N–H and O–H groups in total. The van der Waals surface area contributed by atoms with Gasteiger partial charge in [-0.3, -0.25) is 0 Å². The predicted octanol–water partition coefficient (Wildman–Crippen LogP) is 1.68. The number of hydrogen-bond donors (Lipinski definition) is 0. The van der Waals surface area contributed by atoms with E-state index >= 15 is 0 Å². The molecular formula is C13H21NO2. The van der Waals surface area contributed by atoms with Crippen LogP contribution in [-0.2, 0) is 9.47 Å². The van der Waals surface area contributed by atoms with Crippen LogP contribution in [0.2, 0.25) is 0 Å². The van der Waals surface area contributed by atoms with Crippen LogP contribution in [0.3, 0.4) is 0 Å². The number of hydrogen-bond acceptors (Lipinski definition) is 3. The van der Waals surface area contributed by atoms with Gasteiger partial charge in [-0.2, -0.15) is 0 Å². The molecule has 3 nitrogen and oxygen atoms in total. The highest BCUT2D eigenvalue weighted by atomic mass is 16.5. The third-order valence-electron chi connectivity index (χ3n) is 5.17. The lowest BCUT2D eigenvalue weighted by atomic mass is 9.90. The minimum absolute atomic E-state index is 0.153. The van der Waals surface area contributed by atoms with E-state index in [-0.39, 0.29) is 5.54 Å². The van der Waals surface area contributed by atoms with E-state index in [0.717, 1.165) is 36.9 Å². The summed E-state index contributed by atoms with van der Waals surface area (Å²) < 4.78 is 12.1. The molecule has 6 atom stereocenters. The van der Waals surface area contributed by atoms with Gasteiger partial charge in [0.25, 0.3) is 0 Å². The molecule has 3 heteroatoms. The Kier molecular flexibility index (Phi) is 1.74. The van der Waals surface area contributed by atoms with Crippen molar-refractivity contribution in [3.05, 3.63) is 0 Å². The minimum Gasteiger partial charge on any atom is -0.362 e. The molecule has 4 rings (SSSR count). The fourth-order valence-electron chi connectivity index (χ4n) is 4.60. The Bertz CT molecular complexity index is 300. The van der Waals surface area contributed by atoms with E-state index in [9.17, 15) is 0 Å². The van der Waals surface area contributed by atoms with Crippen LogP contribution in [0.1, 0.15) is 27.2 Å². The number of ether oxygens (including phenoxy) is 2. The zero-order valence-electron chi connectivity index (χ0n) is 10.3. The second kappa shape index (κ2) is 2.82. The summed E-state index contributed by atoms with van der Waals surface area (Å²) in [6.07, 6.45) is 2.00. The van der Waals surface area contributed by atoms with Gasteiger partial charge in [0.15, 0.2) is 0 Å². The average molecular weight is 223 g/mol. The third-order valence-corrected chi connectivity index (χ3v) is 5.17. The van der Waals surface area contributed by atoms with Crippen LogP contribution >= 0.6 is 0 Å². The number of fused-ring (bicyclic) bond motifs is 1. The van der Waals surface area contributed by atoms with Gasteiger partial charge < -0.3 is 9.47 Å². The van der Waals surface area contributed by atoms with Gasteiger partial charge in [0.2, 0.25) is 0 Å². The van der Waals surface area contributed by atoms with Crippen LogP contribution in [0, 0.1) is 23.7 Å². The van der Waals surface area contributed by atoms with Crippen molar-refractivity contribution in [3.8, 4) is 0 Å². The molecule has 2 bridgehead atoms. The SMILES string of the molecule is CC(C)(C)N1[C@@H]2OC[C@@H]3[C@@H]4CO[C@H]1[C@@H]4C[C@@H]32. The van der Waals surface area contributed by atoms with Gasteiger partial charge in [0.05, 0.1) is 13.2 Å². The first kappa shape index (κ1) is 9.86. The van der Waals surface area contributed by atoms with Gasteiger partial charge in [-0.1, -0.05) is 0 Å². The summed E-state index contributed by atoms with van der Waals surface area (Å²) in [5, 5.41) is 0. The first-order valence-corrected chi connectivity index (χ1v) is 6.59. The molecule has 1 aliphatic carbocycles. The van der Waals surface area contributed by atoms with Gasteiger partial charge in [0, 0.05) is 17.4 Å². The number of rotatable bonds is 0. The Morgan fingerprint density at radius 2 is 1.38 bits per heavy atom. The predicted molar refractivity (Wildman–Crippen MR) is 59.6 cm³/mol. The lowest BCUT2D eigenvalue weighted by molar-refractivity contribution is -0.200. The van der Waals surface area contributed by atoms with E-state index in [1.54, 1.807) is 0 Å². The summed E-state index contributed by atoms with van der Waals surface area (Å²) in [6, 6.07) is 0. The minimum atomic E-state index is 0.153. The van der Waals surface area contributed by atoms with Crippen LogP contribution in [-0.4, -0.2) is 36.1 Å². The monoisotopic (exact) mass is 223 g/mol. The zero-order valence-corrected chi connectivity index (χ0v) is 10.3. The molecule has 0 radical (unpaired) electrons. The first-order valence-electron chi connectivity index (χ1n) is 6.59. The quantitative estimate of drug-likeness (QED) is 0.623. The smallest absolute Gasteiger partial charge is 0.116 e.